The molecule has 4 rings (SSSR count). The van der Waals surface area contributed by atoms with Crippen molar-refractivity contribution in [3.05, 3.63) is 93.4 Å². The van der Waals surface area contributed by atoms with E-state index < -0.39 is 28.5 Å². The molecule has 1 aliphatic rings. The van der Waals surface area contributed by atoms with Gasteiger partial charge < -0.3 is 10.2 Å². The first-order valence-electron chi connectivity index (χ1n) is 13.5. The van der Waals surface area contributed by atoms with Gasteiger partial charge in [-0.15, -0.1) is 0 Å². The first kappa shape index (κ1) is 31.2. The smallest absolute Gasteiger partial charge is 0.264 e. The fraction of sp³-hybridized carbons (Fsp3) is 0.333. The van der Waals surface area contributed by atoms with Crippen LogP contribution < -0.4 is 9.62 Å². The van der Waals surface area contributed by atoms with Gasteiger partial charge in [-0.05, 0) is 55.2 Å². The summed E-state index contributed by atoms with van der Waals surface area (Å²) in [4.78, 5) is 29.1. The van der Waals surface area contributed by atoms with Crippen molar-refractivity contribution in [3.63, 3.8) is 0 Å². The highest BCUT2D eigenvalue weighted by Crippen LogP contribution is 2.35. The Kier molecular flexibility index (Phi) is 10.6. The summed E-state index contributed by atoms with van der Waals surface area (Å²) in [6, 6.07) is 18.6. The normalized spacial score (nSPS) is 14.4. The van der Waals surface area contributed by atoms with E-state index >= 15 is 0 Å². The molecule has 1 N–H and O–H groups in total. The van der Waals surface area contributed by atoms with Gasteiger partial charge in [0.05, 0.1) is 20.6 Å². The van der Waals surface area contributed by atoms with Gasteiger partial charge in [-0.25, -0.2) is 8.42 Å². The monoisotopic (exact) mass is 635 g/mol. The summed E-state index contributed by atoms with van der Waals surface area (Å²) in [5.74, 6) is -0.869. The van der Waals surface area contributed by atoms with Gasteiger partial charge >= 0.3 is 0 Å². The summed E-state index contributed by atoms with van der Waals surface area (Å²) < 4.78 is 28.8. The number of anilines is 1. The maximum atomic E-state index is 14.2. The van der Waals surface area contributed by atoms with Crippen LogP contribution in [0.1, 0.15) is 44.6 Å². The quantitative estimate of drug-likeness (QED) is 0.254. The molecule has 3 aromatic rings. The number of hydrogen-bond acceptors (Lipinski definition) is 4. The van der Waals surface area contributed by atoms with Crippen molar-refractivity contribution in [2.24, 2.45) is 0 Å². The molecule has 0 spiro atoms. The van der Waals surface area contributed by atoms with Crippen molar-refractivity contribution in [2.45, 2.75) is 62.6 Å². The van der Waals surface area contributed by atoms with Crippen LogP contribution in [-0.2, 0) is 26.2 Å². The Morgan fingerprint density at radius 2 is 1.54 bits per heavy atom. The number of hydrogen-bond donors (Lipinski definition) is 1. The van der Waals surface area contributed by atoms with Crippen LogP contribution in [-0.4, -0.2) is 43.8 Å². The van der Waals surface area contributed by atoms with Gasteiger partial charge in [-0.3, -0.25) is 13.9 Å². The molecule has 0 radical (unpaired) electrons. The van der Waals surface area contributed by atoms with Crippen LogP contribution >= 0.6 is 34.8 Å². The largest absolute Gasteiger partial charge is 0.352 e. The Hall–Kier alpha value is -2.78. The van der Waals surface area contributed by atoms with Crippen LogP contribution in [0.3, 0.4) is 0 Å². The van der Waals surface area contributed by atoms with Gasteiger partial charge in [-0.2, -0.15) is 0 Å². The molecular weight excluding hydrogens is 605 g/mol. The number of nitrogens with zero attached hydrogens (tertiary/aromatic N) is 2. The van der Waals surface area contributed by atoms with Gasteiger partial charge in [-0.1, -0.05) is 97.0 Å². The third kappa shape index (κ3) is 7.36. The van der Waals surface area contributed by atoms with Gasteiger partial charge in [0.15, 0.2) is 0 Å². The number of amides is 2. The highest BCUT2D eigenvalue weighted by Gasteiger charge is 2.35. The summed E-state index contributed by atoms with van der Waals surface area (Å²) >= 11 is 19.2. The molecule has 1 fully saturated rings. The lowest BCUT2D eigenvalue weighted by atomic mass is 10.1. The third-order valence-corrected chi connectivity index (χ3v) is 10.1. The van der Waals surface area contributed by atoms with Crippen LogP contribution in [0.15, 0.2) is 77.7 Å². The lowest BCUT2D eigenvalue weighted by Crippen LogP contribution is -2.53. The van der Waals surface area contributed by atoms with E-state index in [4.69, 9.17) is 34.8 Å². The predicted molar refractivity (Wildman–Crippen MR) is 164 cm³/mol. The summed E-state index contributed by atoms with van der Waals surface area (Å²) in [5, 5.41) is 3.65. The Morgan fingerprint density at radius 3 is 2.20 bits per heavy atom. The SMILES string of the molecule is CC[C@@H](C(=O)NC1CCCC1)N(Cc1ccccc1Cl)C(=O)CN(c1cccc(Cl)c1Cl)S(=O)(=O)c1ccccc1. The molecule has 0 unspecified atom stereocenters. The van der Waals surface area contributed by atoms with Crippen molar-refractivity contribution in [2.75, 3.05) is 10.8 Å². The molecule has 0 aliphatic heterocycles. The van der Waals surface area contributed by atoms with Gasteiger partial charge in [0.1, 0.15) is 12.6 Å². The zero-order valence-corrected chi connectivity index (χ0v) is 25.7. The van der Waals surface area contributed by atoms with Crippen molar-refractivity contribution in [3.8, 4) is 0 Å². The van der Waals surface area contributed by atoms with E-state index in [1.54, 1.807) is 48.5 Å². The minimum atomic E-state index is -4.26. The lowest BCUT2D eigenvalue weighted by molar-refractivity contribution is -0.140. The second-order valence-corrected chi connectivity index (χ2v) is 13.0. The Labute approximate surface area is 256 Å². The van der Waals surface area contributed by atoms with E-state index in [1.165, 1.54) is 29.2 Å². The fourth-order valence-corrected chi connectivity index (χ4v) is 7.11. The zero-order chi connectivity index (χ0) is 29.6. The first-order chi connectivity index (χ1) is 19.6. The molecule has 1 aliphatic carbocycles. The van der Waals surface area contributed by atoms with E-state index in [0.717, 1.165) is 30.0 Å². The van der Waals surface area contributed by atoms with E-state index in [2.05, 4.69) is 5.32 Å². The van der Waals surface area contributed by atoms with E-state index in [9.17, 15) is 18.0 Å². The van der Waals surface area contributed by atoms with Crippen molar-refractivity contribution >= 4 is 62.3 Å². The summed E-state index contributed by atoms with van der Waals surface area (Å²) in [6.07, 6.45) is 4.17. The number of carbonyl (C=O) groups excluding carboxylic acids is 2. The lowest BCUT2D eigenvalue weighted by Gasteiger charge is -2.34. The van der Waals surface area contributed by atoms with Gasteiger partial charge in [0, 0.05) is 17.6 Å². The van der Waals surface area contributed by atoms with Crippen molar-refractivity contribution in [1.82, 2.24) is 10.2 Å². The number of halogens is 3. The van der Waals surface area contributed by atoms with Crippen molar-refractivity contribution in [1.29, 1.82) is 0 Å². The molecule has 0 aromatic heterocycles. The molecule has 0 bridgehead atoms. The molecule has 3 aromatic carbocycles. The molecule has 1 atom stereocenters. The van der Waals surface area contributed by atoms with Crippen LogP contribution in [0.5, 0.6) is 0 Å². The first-order valence-corrected chi connectivity index (χ1v) is 16.1. The molecule has 1 saturated carbocycles. The highest BCUT2D eigenvalue weighted by molar-refractivity contribution is 7.92. The average Bonchev–Trinajstić information content (AvgIpc) is 3.47. The number of sulfonamides is 1. The predicted octanol–water partition coefficient (Wildman–Crippen LogP) is 6.71. The third-order valence-electron chi connectivity index (χ3n) is 7.20. The molecule has 2 amide bonds. The van der Waals surface area contributed by atoms with Gasteiger partial charge in [0.25, 0.3) is 10.0 Å². The minimum absolute atomic E-state index is 0.00913. The Morgan fingerprint density at radius 1 is 0.902 bits per heavy atom. The van der Waals surface area contributed by atoms with E-state index in [-0.39, 0.29) is 39.1 Å². The number of nitrogens with one attached hydrogen (secondary N) is 1. The summed E-state index contributed by atoms with van der Waals surface area (Å²) in [6.45, 7) is 1.21. The van der Waals surface area contributed by atoms with Gasteiger partial charge in [0.2, 0.25) is 11.8 Å². The minimum Gasteiger partial charge on any atom is -0.352 e. The van der Waals surface area contributed by atoms with E-state index in [1.807, 2.05) is 6.92 Å². The Bertz CT molecular complexity index is 1480. The molecular formula is C30H32Cl3N3O4S. The van der Waals surface area contributed by atoms with E-state index in [0.29, 0.717) is 17.0 Å². The number of benzene rings is 3. The fourth-order valence-electron chi connectivity index (χ4n) is 5.02. The number of carbonyl (C=O) groups is 2. The average molecular weight is 637 g/mol. The van der Waals surface area contributed by atoms with Crippen LogP contribution in [0.4, 0.5) is 5.69 Å². The standard InChI is InChI=1S/C30H32Cl3N3O4S/c1-2-26(30(38)34-22-12-7-8-13-22)35(19-21-11-6-9-16-24(21)31)28(37)20-36(27-18-10-17-25(32)29(27)33)41(39,40)23-14-4-3-5-15-23/h3-6,9-11,14-18,22,26H,2,7-8,12-13,19-20H2,1H3,(H,34,38)/t26-/m0/s1. The van der Waals surface area contributed by atoms with Crippen LogP contribution in [0.2, 0.25) is 15.1 Å². The summed E-state index contributed by atoms with van der Waals surface area (Å²) in [7, 11) is -4.26. The second kappa shape index (κ2) is 13.9. The van der Waals surface area contributed by atoms with Crippen molar-refractivity contribution < 1.29 is 18.0 Å². The molecule has 0 saturated heterocycles. The highest BCUT2D eigenvalue weighted by atomic mass is 35.5. The number of rotatable bonds is 11. The zero-order valence-electron chi connectivity index (χ0n) is 22.6. The molecule has 11 heteroatoms. The topological polar surface area (TPSA) is 86.8 Å². The maximum Gasteiger partial charge on any atom is 0.264 e. The summed E-state index contributed by atoms with van der Waals surface area (Å²) in [5.41, 5.74) is 0.686. The Balaban J connectivity index is 1.75. The van der Waals surface area contributed by atoms with Crippen LogP contribution in [0, 0.1) is 0 Å². The molecule has 218 valence electrons. The molecule has 7 nitrogen and oxygen atoms in total. The molecule has 0 heterocycles. The molecule has 41 heavy (non-hydrogen) atoms. The van der Waals surface area contributed by atoms with Crippen LogP contribution in [0.25, 0.3) is 0 Å². The second-order valence-electron chi connectivity index (χ2n) is 9.92. The maximum absolute atomic E-state index is 14.2.